The lowest BCUT2D eigenvalue weighted by atomic mass is 10.2. The van der Waals surface area contributed by atoms with Crippen molar-refractivity contribution < 1.29 is 14.7 Å². The number of amides is 1. The third-order valence-corrected chi connectivity index (χ3v) is 2.94. The number of aromatic nitrogens is 1. The van der Waals surface area contributed by atoms with Gasteiger partial charge in [-0.2, -0.15) is 0 Å². The molecule has 0 spiro atoms. The minimum atomic E-state index is -1.09. The molecule has 0 aromatic carbocycles. The fraction of sp³-hybridized carbons (Fsp3) is 0.417. The number of carboxylic acids is 1. The SMILES string of the molecule is O=C(NC1CCCC1)c1ccc(C(=O)O)nc1. The van der Waals surface area contributed by atoms with Crippen molar-refractivity contribution in [3.05, 3.63) is 29.6 Å². The number of aromatic carboxylic acids is 1. The maximum Gasteiger partial charge on any atom is 0.354 e. The molecule has 1 aromatic heterocycles. The topological polar surface area (TPSA) is 79.3 Å². The van der Waals surface area contributed by atoms with Crippen LogP contribution in [0.25, 0.3) is 0 Å². The van der Waals surface area contributed by atoms with Crippen molar-refractivity contribution in [1.82, 2.24) is 10.3 Å². The average Bonchev–Trinajstić information content (AvgIpc) is 2.82. The predicted molar refractivity (Wildman–Crippen MR) is 60.9 cm³/mol. The van der Waals surface area contributed by atoms with Crippen LogP contribution in [0.1, 0.15) is 46.5 Å². The third-order valence-electron chi connectivity index (χ3n) is 2.94. The lowest BCUT2D eigenvalue weighted by Crippen LogP contribution is -2.32. The highest BCUT2D eigenvalue weighted by Crippen LogP contribution is 2.18. The summed E-state index contributed by atoms with van der Waals surface area (Å²) in [5.41, 5.74) is 0.351. The molecule has 1 aliphatic carbocycles. The number of nitrogens with zero attached hydrogens (tertiary/aromatic N) is 1. The number of carboxylic acid groups (broad SMARTS) is 1. The van der Waals surface area contributed by atoms with Crippen LogP contribution in [0.3, 0.4) is 0 Å². The van der Waals surface area contributed by atoms with Gasteiger partial charge >= 0.3 is 5.97 Å². The van der Waals surface area contributed by atoms with Gasteiger partial charge in [-0.15, -0.1) is 0 Å². The van der Waals surface area contributed by atoms with Gasteiger partial charge < -0.3 is 10.4 Å². The number of hydrogen-bond donors (Lipinski definition) is 2. The normalized spacial score (nSPS) is 15.8. The number of rotatable bonds is 3. The highest BCUT2D eigenvalue weighted by molar-refractivity contribution is 5.95. The second-order valence-corrected chi connectivity index (χ2v) is 4.19. The first kappa shape index (κ1) is 11.6. The average molecular weight is 234 g/mol. The van der Waals surface area contributed by atoms with E-state index in [1.54, 1.807) is 0 Å². The maximum absolute atomic E-state index is 11.8. The van der Waals surface area contributed by atoms with Crippen LogP contribution < -0.4 is 5.32 Å². The van der Waals surface area contributed by atoms with E-state index in [2.05, 4.69) is 10.3 Å². The second-order valence-electron chi connectivity index (χ2n) is 4.19. The van der Waals surface area contributed by atoms with Gasteiger partial charge in [-0.25, -0.2) is 9.78 Å². The first-order valence-electron chi connectivity index (χ1n) is 5.67. The van der Waals surface area contributed by atoms with Crippen LogP contribution in [0.2, 0.25) is 0 Å². The van der Waals surface area contributed by atoms with E-state index in [-0.39, 0.29) is 17.6 Å². The zero-order valence-electron chi connectivity index (χ0n) is 9.35. The number of carbonyl (C=O) groups excluding carboxylic acids is 1. The summed E-state index contributed by atoms with van der Waals surface area (Å²) in [6, 6.07) is 3.08. The van der Waals surface area contributed by atoms with Gasteiger partial charge in [-0.1, -0.05) is 12.8 Å². The molecule has 17 heavy (non-hydrogen) atoms. The molecule has 1 aliphatic rings. The summed E-state index contributed by atoms with van der Waals surface area (Å²) in [4.78, 5) is 26.1. The van der Waals surface area contributed by atoms with Gasteiger partial charge in [0, 0.05) is 12.2 Å². The molecule has 0 aliphatic heterocycles. The number of nitrogens with one attached hydrogen (secondary N) is 1. The molecule has 0 saturated heterocycles. The summed E-state index contributed by atoms with van der Waals surface area (Å²) >= 11 is 0. The Hall–Kier alpha value is -1.91. The van der Waals surface area contributed by atoms with E-state index >= 15 is 0 Å². The molecular weight excluding hydrogens is 220 g/mol. The molecule has 1 heterocycles. The first-order valence-corrected chi connectivity index (χ1v) is 5.67. The van der Waals surface area contributed by atoms with E-state index < -0.39 is 5.97 Å². The van der Waals surface area contributed by atoms with Gasteiger partial charge in [0.2, 0.25) is 0 Å². The van der Waals surface area contributed by atoms with Crippen LogP contribution >= 0.6 is 0 Å². The zero-order valence-corrected chi connectivity index (χ0v) is 9.35. The monoisotopic (exact) mass is 234 g/mol. The van der Waals surface area contributed by atoms with E-state index in [1.807, 2.05) is 0 Å². The van der Waals surface area contributed by atoms with Crippen molar-refractivity contribution in [3.8, 4) is 0 Å². The van der Waals surface area contributed by atoms with Gasteiger partial charge in [0.25, 0.3) is 5.91 Å². The Morgan fingerprint density at radius 1 is 1.29 bits per heavy atom. The standard InChI is InChI=1S/C12H14N2O3/c15-11(14-9-3-1-2-4-9)8-5-6-10(12(16)17)13-7-8/h5-7,9H,1-4H2,(H,14,15)(H,16,17). The quantitative estimate of drug-likeness (QED) is 0.829. The number of hydrogen-bond acceptors (Lipinski definition) is 3. The molecule has 1 amide bonds. The lowest BCUT2D eigenvalue weighted by Gasteiger charge is -2.11. The molecule has 5 heteroatoms. The first-order chi connectivity index (χ1) is 8.16. The molecule has 90 valence electrons. The van der Waals surface area contributed by atoms with Gasteiger partial charge in [-0.05, 0) is 25.0 Å². The highest BCUT2D eigenvalue weighted by atomic mass is 16.4. The molecule has 0 unspecified atom stereocenters. The minimum Gasteiger partial charge on any atom is -0.477 e. The van der Waals surface area contributed by atoms with Gasteiger partial charge in [0.1, 0.15) is 5.69 Å². The molecule has 0 atom stereocenters. The molecule has 2 rings (SSSR count). The Kier molecular flexibility index (Phi) is 3.37. The molecule has 0 radical (unpaired) electrons. The summed E-state index contributed by atoms with van der Waals surface area (Å²) in [6.45, 7) is 0. The largest absolute Gasteiger partial charge is 0.477 e. The molecule has 1 saturated carbocycles. The summed E-state index contributed by atoms with van der Waals surface area (Å²) < 4.78 is 0. The van der Waals surface area contributed by atoms with Gasteiger partial charge in [0.05, 0.1) is 5.56 Å². The van der Waals surface area contributed by atoms with E-state index in [4.69, 9.17) is 5.11 Å². The van der Waals surface area contributed by atoms with Gasteiger partial charge in [-0.3, -0.25) is 4.79 Å². The fourth-order valence-electron chi connectivity index (χ4n) is 1.99. The van der Waals surface area contributed by atoms with Crippen molar-refractivity contribution >= 4 is 11.9 Å². The van der Waals surface area contributed by atoms with E-state index in [0.717, 1.165) is 25.7 Å². The smallest absolute Gasteiger partial charge is 0.354 e. The maximum atomic E-state index is 11.8. The van der Waals surface area contributed by atoms with Crippen molar-refractivity contribution in [2.45, 2.75) is 31.7 Å². The zero-order chi connectivity index (χ0) is 12.3. The predicted octanol–water partition coefficient (Wildman–Crippen LogP) is 1.45. The Morgan fingerprint density at radius 3 is 2.53 bits per heavy atom. The fourth-order valence-corrected chi connectivity index (χ4v) is 1.99. The molecular formula is C12H14N2O3. The van der Waals surface area contributed by atoms with Crippen LogP contribution in [0.5, 0.6) is 0 Å². The van der Waals surface area contributed by atoms with Crippen molar-refractivity contribution in [1.29, 1.82) is 0 Å². The van der Waals surface area contributed by atoms with Crippen LogP contribution in [-0.2, 0) is 0 Å². The Balaban J connectivity index is 2.01. The summed E-state index contributed by atoms with van der Waals surface area (Å²) in [5.74, 6) is -1.27. The molecule has 1 aromatic rings. The Labute approximate surface area is 98.9 Å². The highest BCUT2D eigenvalue weighted by Gasteiger charge is 2.18. The van der Waals surface area contributed by atoms with Crippen LogP contribution in [0.4, 0.5) is 0 Å². The summed E-state index contributed by atoms with van der Waals surface area (Å²) in [5, 5.41) is 11.6. The van der Waals surface area contributed by atoms with Crippen LogP contribution in [-0.4, -0.2) is 28.0 Å². The molecule has 2 N–H and O–H groups in total. The molecule has 1 fully saturated rings. The summed E-state index contributed by atoms with van der Waals surface area (Å²) in [6.07, 6.45) is 5.65. The van der Waals surface area contributed by atoms with E-state index in [1.165, 1.54) is 18.3 Å². The van der Waals surface area contributed by atoms with Crippen molar-refractivity contribution in [3.63, 3.8) is 0 Å². The number of pyridine rings is 1. The van der Waals surface area contributed by atoms with Crippen LogP contribution in [0.15, 0.2) is 18.3 Å². The second kappa shape index (κ2) is 4.95. The van der Waals surface area contributed by atoms with Crippen molar-refractivity contribution in [2.75, 3.05) is 0 Å². The van der Waals surface area contributed by atoms with Crippen molar-refractivity contribution in [2.24, 2.45) is 0 Å². The van der Waals surface area contributed by atoms with E-state index in [9.17, 15) is 9.59 Å². The van der Waals surface area contributed by atoms with Crippen LogP contribution in [0, 0.1) is 0 Å². The lowest BCUT2D eigenvalue weighted by molar-refractivity contribution is 0.0689. The third kappa shape index (κ3) is 2.81. The molecule has 0 bridgehead atoms. The number of carbonyl (C=O) groups is 2. The Bertz CT molecular complexity index is 422. The minimum absolute atomic E-state index is 0.0533. The Morgan fingerprint density at radius 2 is 2.00 bits per heavy atom. The summed E-state index contributed by atoms with van der Waals surface area (Å²) in [7, 11) is 0. The molecule has 5 nitrogen and oxygen atoms in total. The van der Waals surface area contributed by atoms with Gasteiger partial charge in [0.15, 0.2) is 0 Å². The van der Waals surface area contributed by atoms with E-state index in [0.29, 0.717) is 5.56 Å².